The number of carboxylic acid groups (broad SMARTS) is 1. The van der Waals surface area contributed by atoms with Crippen molar-refractivity contribution in [3.63, 3.8) is 0 Å². The van der Waals surface area contributed by atoms with Gasteiger partial charge in [-0.05, 0) is 31.9 Å². The minimum atomic E-state index is -1.19. The topological polar surface area (TPSA) is 160 Å². The highest BCUT2D eigenvalue weighted by Gasteiger charge is 2.54. The number of oxime groups is 1. The monoisotopic (exact) mass is 450 g/mol. The number of nitrogen functional groups attached to an aromatic ring is 1. The normalized spacial score (nSPS) is 27.9. The molecule has 0 aromatic carbocycles. The quantitative estimate of drug-likeness (QED) is 0.240. The number of carbonyl (C=O) groups is 3. The highest BCUT2D eigenvalue weighted by atomic mass is 32.2. The number of amides is 2. The molecule has 1 fully saturated rings. The summed E-state index contributed by atoms with van der Waals surface area (Å²) in [6, 6.07) is -0.902. The number of allylic oxidation sites excluding steroid dienone is 1. The van der Waals surface area contributed by atoms with Crippen LogP contribution in [0.1, 0.15) is 25.6 Å². The molecule has 0 bridgehead atoms. The second kappa shape index (κ2) is 8.07. The van der Waals surface area contributed by atoms with E-state index in [4.69, 9.17) is 10.6 Å². The first-order valence-electron chi connectivity index (χ1n) is 9.09. The van der Waals surface area contributed by atoms with Crippen molar-refractivity contribution in [1.29, 1.82) is 0 Å². The molecule has 0 spiro atoms. The zero-order chi connectivity index (χ0) is 21.4. The van der Waals surface area contributed by atoms with Crippen molar-refractivity contribution in [1.82, 2.24) is 19.6 Å². The van der Waals surface area contributed by atoms with E-state index in [0.717, 1.165) is 24.4 Å². The molecule has 2 amide bonds. The van der Waals surface area contributed by atoms with Gasteiger partial charge in [-0.15, -0.1) is 11.8 Å². The Hall–Kier alpha value is -2.93. The Bertz CT molecular complexity index is 989. The molecule has 158 valence electrons. The van der Waals surface area contributed by atoms with Crippen molar-refractivity contribution in [2.75, 3.05) is 5.73 Å². The van der Waals surface area contributed by atoms with E-state index in [-0.39, 0.29) is 33.7 Å². The minimum absolute atomic E-state index is 0.00334. The van der Waals surface area contributed by atoms with Crippen molar-refractivity contribution >= 4 is 51.9 Å². The van der Waals surface area contributed by atoms with Crippen LogP contribution in [0.4, 0.5) is 5.13 Å². The highest BCUT2D eigenvalue weighted by molar-refractivity contribution is 8.00. The average molecular weight is 451 g/mol. The number of nitrogens with zero attached hydrogens (tertiary/aromatic N) is 4. The SMILES string of the molecule is CC1C=C(C(=O)O)N2C(=O)C(NC(=O)/C(=N\OC3C=CCC3)c3nsc(N)n3)[C@H]2S1. The summed E-state index contributed by atoms with van der Waals surface area (Å²) in [5.41, 5.74) is 5.34. The van der Waals surface area contributed by atoms with Gasteiger partial charge in [-0.2, -0.15) is 9.36 Å². The lowest BCUT2D eigenvalue weighted by Gasteiger charge is -2.49. The number of hydrogen-bond donors (Lipinski definition) is 3. The molecule has 3 aliphatic rings. The number of nitrogens with one attached hydrogen (secondary N) is 1. The Kier molecular flexibility index (Phi) is 5.47. The molecule has 2 aliphatic heterocycles. The van der Waals surface area contributed by atoms with Crippen LogP contribution in [0.3, 0.4) is 0 Å². The van der Waals surface area contributed by atoms with Gasteiger partial charge in [0.2, 0.25) is 11.5 Å². The number of anilines is 1. The fraction of sp³-hybridized carbons (Fsp3) is 0.412. The van der Waals surface area contributed by atoms with Crippen LogP contribution in [0.2, 0.25) is 0 Å². The van der Waals surface area contributed by atoms with Gasteiger partial charge in [0.05, 0.1) is 0 Å². The second-order valence-electron chi connectivity index (χ2n) is 6.79. The van der Waals surface area contributed by atoms with Gasteiger partial charge in [-0.25, -0.2) is 4.79 Å². The van der Waals surface area contributed by atoms with E-state index in [1.165, 1.54) is 22.7 Å². The Morgan fingerprint density at radius 1 is 1.47 bits per heavy atom. The largest absolute Gasteiger partial charge is 0.477 e. The molecule has 1 aromatic rings. The molecule has 1 aliphatic carbocycles. The summed E-state index contributed by atoms with van der Waals surface area (Å²) in [5, 5.41) is 15.4. The number of β-lactam (4-membered cyclic amide) rings is 1. The number of aromatic nitrogens is 2. The molecular weight excluding hydrogens is 432 g/mol. The maximum absolute atomic E-state index is 12.9. The summed E-state index contributed by atoms with van der Waals surface area (Å²) in [6.07, 6.45) is 6.64. The van der Waals surface area contributed by atoms with Crippen molar-refractivity contribution in [2.45, 2.75) is 42.5 Å². The number of aliphatic carboxylic acids is 1. The molecule has 4 rings (SSSR count). The number of carboxylic acids is 1. The average Bonchev–Trinajstić information content (AvgIpc) is 3.37. The Morgan fingerprint density at radius 3 is 2.90 bits per heavy atom. The predicted octanol–water partition coefficient (Wildman–Crippen LogP) is 0.317. The summed E-state index contributed by atoms with van der Waals surface area (Å²) in [7, 11) is 0. The molecule has 4 atom stereocenters. The van der Waals surface area contributed by atoms with E-state index in [9.17, 15) is 19.5 Å². The lowest BCUT2D eigenvalue weighted by Crippen LogP contribution is -2.71. The summed E-state index contributed by atoms with van der Waals surface area (Å²) in [6.45, 7) is 1.82. The van der Waals surface area contributed by atoms with Crippen LogP contribution in [-0.4, -0.2) is 65.6 Å². The smallest absolute Gasteiger partial charge is 0.352 e. The van der Waals surface area contributed by atoms with Crippen molar-refractivity contribution in [3.8, 4) is 0 Å². The van der Waals surface area contributed by atoms with Gasteiger partial charge < -0.3 is 21.0 Å². The molecule has 1 saturated heterocycles. The third kappa shape index (κ3) is 3.77. The van der Waals surface area contributed by atoms with Gasteiger partial charge in [-0.1, -0.05) is 11.2 Å². The zero-order valence-electron chi connectivity index (χ0n) is 15.7. The van der Waals surface area contributed by atoms with E-state index >= 15 is 0 Å². The third-order valence-corrected chi connectivity index (χ3v) is 6.54. The first-order valence-corrected chi connectivity index (χ1v) is 10.8. The number of hydrogen-bond acceptors (Lipinski definition) is 10. The van der Waals surface area contributed by atoms with Crippen LogP contribution < -0.4 is 11.1 Å². The summed E-state index contributed by atoms with van der Waals surface area (Å²) >= 11 is 2.28. The van der Waals surface area contributed by atoms with Gasteiger partial charge >= 0.3 is 5.97 Å². The van der Waals surface area contributed by atoms with Crippen LogP contribution in [0.25, 0.3) is 0 Å². The predicted molar refractivity (Wildman–Crippen MR) is 109 cm³/mol. The fourth-order valence-corrected chi connectivity index (χ4v) is 5.03. The summed E-state index contributed by atoms with van der Waals surface area (Å²) in [5.74, 6) is -2.40. The van der Waals surface area contributed by atoms with Crippen molar-refractivity contribution in [2.24, 2.45) is 5.16 Å². The molecule has 0 radical (unpaired) electrons. The molecule has 4 N–H and O–H groups in total. The molecule has 0 saturated carbocycles. The van der Waals surface area contributed by atoms with E-state index in [0.29, 0.717) is 0 Å². The van der Waals surface area contributed by atoms with Crippen LogP contribution in [0.15, 0.2) is 29.1 Å². The first-order chi connectivity index (χ1) is 14.3. The molecule has 11 nitrogen and oxygen atoms in total. The zero-order valence-corrected chi connectivity index (χ0v) is 17.4. The summed E-state index contributed by atoms with van der Waals surface area (Å²) < 4.78 is 4.01. The maximum atomic E-state index is 12.9. The Balaban J connectivity index is 1.52. The van der Waals surface area contributed by atoms with E-state index in [1.807, 2.05) is 19.1 Å². The van der Waals surface area contributed by atoms with Crippen LogP contribution in [0.5, 0.6) is 0 Å². The highest BCUT2D eigenvalue weighted by Crippen LogP contribution is 2.40. The molecule has 30 heavy (non-hydrogen) atoms. The van der Waals surface area contributed by atoms with Gasteiger partial charge in [0.15, 0.2) is 5.13 Å². The van der Waals surface area contributed by atoms with Crippen molar-refractivity contribution < 1.29 is 24.3 Å². The van der Waals surface area contributed by atoms with Gasteiger partial charge in [-0.3, -0.25) is 14.5 Å². The molecule has 3 unspecified atom stereocenters. The maximum Gasteiger partial charge on any atom is 0.352 e. The Labute approximate surface area is 179 Å². The standard InChI is InChI=1S/C17H18N6O5S2/c1-7-6-9(16(26)27)23-14(25)11(15(23)29-7)19-13(24)10(12-20-17(18)30-22-12)21-28-8-4-2-3-5-8/h2,4,6-8,11,15H,3,5H2,1H3,(H,19,24)(H,26,27)(H2,18,20,22)/b21-10-/t7?,8?,11?,15-/m1/s1. The number of fused-ring (bicyclic) bond motifs is 1. The third-order valence-electron chi connectivity index (χ3n) is 4.67. The number of rotatable bonds is 6. The van der Waals surface area contributed by atoms with E-state index in [2.05, 4.69) is 19.8 Å². The molecule has 1 aromatic heterocycles. The van der Waals surface area contributed by atoms with E-state index < -0.39 is 29.2 Å². The molecule has 13 heteroatoms. The van der Waals surface area contributed by atoms with E-state index in [1.54, 1.807) is 0 Å². The number of thioether (sulfide) groups is 1. The van der Waals surface area contributed by atoms with Gasteiger partial charge in [0.25, 0.3) is 11.8 Å². The Morgan fingerprint density at radius 2 is 2.27 bits per heavy atom. The lowest BCUT2D eigenvalue weighted by atomic mass is 10.0. The van der Waals surface area contributed by atoms with Gasteiger partial charge in [0, 0.05) is 16.8 Å². The van der Waals surface area contributed by atoms with Crippen LogP contribution in [0, 0.1) is 0 Å². The van der Waals surface area contributed by atoms with Crippen LogP contribution >= 0.6 is 23.3 Å². The fourth-order valence-electron chi connectivity index (χ4n) is 3.27. The number of carbonyl (C=O) groups excluding carboxylic acids is 2. The van der Waals surface area contributed by atoms with Crippen LogP contribution in [-0.2, 0) is 19.2 Å². The van der Waals surface area contributed by atoms with Gasteiger partial charge in [0.1, 0.15) is 23.2 Å². The summed E-state index contributed by atoms with van der Waals surface area (Å²) in [4.78, 5) is 47.5. The lowest BCUT2D eigenvalue weighted by molar-refractivity contribution is -0.150. The molecule has 3 heterocycles. The first kappa shape index (κ1) is 20.3. The molecular formula is C17H18N6O5S2. The second-order valence-corrected chi connectivity index (χ2v) is 9.08. The van der Waals surface area contributed by atoms with Crippen molar-refractivity contribution in [3.05, 3.63) is 29.7 Å². The number of nitrogens with two attached hydrogens (primary N) is 1. The minimum Gasteiger partial charge on any atom is -0.477 e.